The van der Waals surface area contributed by atoms with E-state index >= 15 is 0 Å². The van der Waals surface area contributed by atoms with Crippen LogP contribution in [0.15, 0.2) is 17.5 Å². The molecule has 1 fully saturated rings. The number of carbonyl (C=O) groups is 1. The van der Waals surface area contributed by atoms with E-state index in [0.717, 1.165) is 6.42 Å². The van der Waals surface area contributed by atoms with Gasteiger partial charge < -0.3 is 10.2 Å². The van der Waals surface area contributed by atoms with Crippen molar-refractivity contribution < 1.29 is 13.2 Å². The number of carbonyl (C=O) groups excluding carboxylic acids is 1. The van der Waals surface area contributed by atoms with Crippen molar-refractivity contribution in [3.05, 3.63) is 22.4 Å². The summed E-state index contributed by atoms with van der Waals surface area (Å²) in [7, 11) is -2.98. The molecule has 0 radical (unpaired) electrons. The molecule has 1 aliphatic rings. The molecule has 2 heterocycles. The number of hydrogen-bond donors (Lipinski definition) is 1. The van der Waals surface area contributed by atoms with Gasteiger partial charge in [0.25, 0.3) is 0 Å². The molecule has 0 saturated carbocycles. The van der Waals surface area contributed by atoms with Crippen LogP contribution in [0, 0.1) is 0 Å². The molecule has 0 aromatic carbocycles. The first-order valence-electron chi connectivity index (χ1n) is 7.71. The first kappa shape index (κ1) is 17.3. The van der Waals surface area contributed by atoms with Gasteiger partial charge in [-0.15, -0.1) is 11.3 Å². The van der Waals surface area contributed by atoms with Gasteiger partial charge in [-0.25, -0.2) is 13.2 Å². The smallest absolute Gasteiger partial charge is 0.317 e. The van der Waals surface area contributed by atoms with Crippen molar-refractivity contribution in [3.63, 3.8) is 0 Å². The van der Waals surface area contributed by atoms with E-state index < -0.39 is 9.84 Å². The number of piperidine rings is 1. The van der Waals surface area contributed by atoms with Crippen LogP contribution >= 0.6 is 11.3 Å². The minimum absolute atomic E-state index is 0.0725. The topological polar surface area (TPSA) is 66.5 Å². The van der Waals surface area contributed by atoms with E-state index in [4.69, 9.17) is 0 Å². The van der Waals surface area contributed by atoms with E-state index in [1.54, 1.807) is 23.2 Å². The summed E-state index contributed by atoms with van der Waals surface area (Å²) in [5.41, 5.74) is 0. The summed E-state index contributed by atoms with van der Waals surface area (Å²) in [6.45, 7) is 4.70. The van der Waals surface area contributed by atoms with Gasteiger partial charge in [-0.2, -0.15) is 0 Å². The predicted molar refractivity (Wildman–Crippen MR) is 90.1 cm³/mol. The molecule has 1 N–H and O–H groups in total. The Balaban J connectivity index is 1.80. The Kier molecular flexibility index (Phi) is 5.86. The van der Waals surface area contributed by atoms with Crippen molar-refractivity contribution in [1.29, 1.82) is 0 Å². The quantitative estimate of drug-likeness (QED) is 0.891. The fraction of sp³-hybridized carbons (Fsp3) is 0.667. The van der Waals surface area contributed by atoms with Crippen molar-refractivity contribution in [3.8, 4) is 0 Å². The van der Waals surface area contributed by atoms with Gasteiger partial charge in [0.2, 0.25) is 0 Å². The van der Waals surface area contributed by atoms with Crippen molar-refractivity contribution >= 4 is 27.2 Å². The molecule has 2 rings (SSSR count). The standard InChI is InChI=1S/C15H24N2O3S2/c1-3-22(19,20)14-6-8-17(9-7-14)15(18)16-12(2)11-13-5-4-10-21-13/h4-5,10,12,14H,3,6-9,11H2,1-2H3,(H,16,18)/t12-/m1/s1. The molecule has 0 unspecified atom stereocenters. The fourth-order valence-electron chi connectivity index (χ4n) is 2.74. The van der Waals surface area contributed by atoms with E-state index in [1.165, 1.54) is 4.88 Å². The number of sulfone groups is 1. The summed E-state index contributed by atoms with van der Waals surface area (Å²) in [4.78, 5) is 15.2. The van der Waals surface area contributed by atoms with Crippen LogP contribution in [0.25, 0.3) is 0 Å². The summed E-state index contributed by atoms with van der Waals surface area (Å²) in [6, 6.07) is 4.06. The van der Waals surface area contributed by atoms with Gasteiger partial charge in [0.05, 0.1) is 5.25 Å². The predicted octanol–water partition coefficient (Wildman–Crippen LogP) is 2.29. The molecule has 0 spiro atoms. The fourth-order valence-corrected chi connectivity index (χ4v) is 4.97. The van der Waals surface area contributed by atoms with Gasteiger partial charge in [-0.1, -0.05) is 13.0 Å². The molecule has 5 nitrogen and oxygen atoms in total. The third kappa shape index (κ3) is 4.46. The average molecular weight is 345 g/mol. The van der Waals surface area contributed by atoms with Crippen molar-refractivity contribution in [1.82, 2.24) is 10.2 Å². The Morgan fingerprint density at radius 1 is 1.45 bits per heavy atom. The lowest BCUT2D eigenvalue weighted by molar-refractivity contribution is 0.183. The Morgan fingerprint density at radius 2 is 2.14 bits per heavy atom. The van der Waals surface area contributed by atoms with E-state index in [2.05, 4.69) is 11.4 Å². The zero-order valence-corrected chi connectivity index (χ0v) is 14.8. The summed E-state index contributed by atoms with van der Waals surface area (Å²) < 4.78 is 23.7. The minimum Gasteiger partial charge on any atom is -0.335 e. The first-order chi connectivity index (χ1) is 10.4. The van der Waals surface area contributed by atoms with Gasteiger partial charge >= 0.3 is 6.03 Å². The molecular weight excluding hydrogens is 320 g/mol. The monoisotopic (exact) mass is 344 g/mol. The van der Waals surface area contributed by atoms with Crippen LogP contribution in [0.2, 0.25) is 0 Å². The number of urea groups is 1. The molecule has 1 aromatic heterocycles. The van der Waals surface area contributed by atoms with Crippen molar-refractivity contribution in [2.45, 2.75) is 44.4 Å². The van der Waals surface area contributed by atoms with Gasteiger partial charge in [0, 0.05) is 36.2 Å². The third-order valence-corrected chi connectivity index (χ3v) is 7.29. The largest absolute Gasteiger partial charge is 0.335 e. The summed E-state index contributed by atoms with van der Waals surface area (Å²) in [5, 5.41) is 4.74. The Bertz CT molecular complexity index is 576. The second kappa shape index (κ2) is 7.46. The number of nitrogens with zero attached hydrogens (tertiary/aromatic N) is 1. The maximum absolute atomic E-state index is 12.2. The first-order valence-corrected chi connectivity index (χ1v) is 10.3. The zero-order valence-electron chi connectivity index (χ0n) is 13.1. The van der Waals surface area contributed by atoms with Crippen LogP contribution < -0.4 is 5.32 Å². The highest BCUT2D eigenvalue weighted by Gasteiger charge is 2.30. The van der Waals surface area contributed by atoms with Crippen LogP contribution in [0.4, 0.5) is 4.79 Å². The lowest BCUT2D eigenvalue weighted by atomic mass is 10.1. The zero-order chi connectivity index (χ0) is 16.2. The number of amides is 2. The highest BCUT2D eigenvalue weighted by Crippen LogP contribution is 2.19. The number of thiophene rings is 1. The SMILES string of the molecule is CCS(=O)(=O)C1CCN(C(=O)N[C@H](C)Cc2cccs2)CC1. The van der Waals surface area contributed by atoms with Crippen LogP contribution in [-0.4, -0.2) is 49.5 Å². The molecule has 1 atom stereocenters. The lowest BCUT2D eigenvalue weighted by Gasteiger charge is -2.32. The van der Waals surface area contributed by atoms with Crippen LogP contribution in [0.1, 0.15) is 31.6 Å². The van der Waals surface area contributed by atoms with E-state index in [0.29, 0.717) is 25.9 Å². The van der Waals surface area contributed by atoms with Crippen LogP contribution in [0.5, 0.6) is 0 Å². The molecule has 0 bridgehead atoms. The van der Waals surface area contributed by atoms with Gasteiger partial charge in [0.1, 0.15) is 0 Å². The molecule has 7 heteroatoms. The maximum atomic E-state index is 12.2. The van der Waals surface area contributed by atoms with E-state index in [-0.39, 0.29) is 23.1 Å². The summed E-state index contributed by atoms with van der Waals surface area (Å²) in [6.07, 6.45) is 1.91. The second-order valence-electron chi connectivity index (χ2n) is 5.77. The van der Waals surface area contributed by atoms with Crippen molar-refractivity contribution in [2.75, 3.05) is 18.8 Å². The van der Waals surface area contributed by atoms with Gasteiger partial charge in [-0.05, 0) is 31.2 Å². The number of rotatable bonds is 5. The Hall–Kier alpha value is -1.08. The normalized spacial score (nSPS) is 18.2. The van der Waals surface area contributed by atoms with Gasteiger partial charge in [0.15, 0.2) is 9.84 Å². The molecule has 1 aromatic rings. The lowest BCUT2D eigenvalue weighted by Crippen LogP contribution is -2.49. The molecular formula is C15H24N2O3S2. The van der Waals surface area contributed by atoms with E-state index in [9.17, 15) is 13.2 Å². The third-order valence-electron chi connectivity index (χ3n) is 4.10. The Labute approximate surface area is 136 Å². The highest BCUT2D eigenvalue weighted by molar-refractivity contribution is 7.92. The molecule has 1 aliphatic heterocycles. The molecule has 0 aliphatic carbocycles. The summed E-state index contributed by atoms with van der Waals surface area (Å²) >= 11 is 1.69. The van der Waals surface area contributed by atoms with E-state index in [1.807, 2.05) is 18.4 Å². The Morgan fingerprint density at radius 3 is 2.68 bits per heavy atom. The number of likely N-dealkylation sites (tertiary alicyclic amines) is 1. The highest BCUT2D eigenvalue weighted by atomic mass is 32.2. The number of nitrogens with one attached hydrogen (secondary N) is 1. The summed E-state index contributed by atoms with van der Waals surface area (Å²) in [5.74, 6) is 0.182. The molecule has 124 valence electrons. The van der Waals surface area contributed by atoms with Gasteiger partial charge in [-0.3, -0.25) is 0 Å². The van der Waals surface area contributed by atoms with Crippen LogP contribution in [-0.2, 0) is 16.3 Å². The molecule has 1 saturated heterocycles. The maximum Gasteiger partial charge on any atom is 0.317 e. The number of hydrogen-bond acceptors (Lipinski definition) is 4. The van der Waals surface area contributed by atoms with Crippen LogP contribution in [0.3, 0.4) is 0 Å². The molecule has 22 heavy (non-hydrogen) atoms. The second-order valence-corrected chi connectivity index (χ2v) is 9.37. The van der Waals surface area contributed by atoms with Crippen molar-refractivity contribution in [2.24, 2.45) is 0 Å². The minimum atomic E-state index is -2.98. The average Bonchev–Trinajstić information content (AvgIpc) is 3.00. The molecule has 2 amide bonds.